The summed E-state index contributed by atoms with van der Waals surface area (Å²) in [6.07, 6.45) is 8.26. The maximum absolute atomic E-state index is 5.95. The van der Waals surface area contributed by atoms with Crippen molar-refractivity contribution in [1.29, 1.82) is 0 Å². The molecule has 0 saturated carbocycles. The lowest BCUT2D eigenvalue weighted by molar-refractivity contribution is 0.224. The Balaban J connectivity index is 1.50. The molecule has 0 radical (unpaired) electrons. The van der Waals surface area contributed by atoms with E-state index in [9.17, 15) is 0 Å². The van der Waals surface area contributed by atoms with E-state index in [1.165, 1.54) is 12.0 Å². The Morgan fingerprint density at radius 2 is 2.09 bits per heavy atom. The van der Waals surface area contributed by atoms with E-state index in [4.69, 9.17) is 4.42 Å². The fourth-order valence-electron chi connectivity index (χ4n) is 3.30. The highest BCUT2D eigenvalue weighted by Crippen LogP contribution is 2.33. The number of benzene rings is 1. The van der Waals surface area contributed by atoms with E-state index in [1.54, 1.807) is 0 Å². The fourth-order valence-corrected chi connectivity index (χ4v) is 3.30. The summed E-state index contributed by atoms with van der Waals surface area (Å²) in [4.78, 5) is 6.89. The van der Waals surface area contributed by atoms with Crippen LogP contribution in [-0.4, -0.2) is 26.2 Å². The molecule has 1 saturated heterocycles. The van der Waals surface area contributed by atoms with Crippen molar-refractivity contribution in [2.24, 2.45) is 7.05 Å². The van der Waals surface area contributed by atoms with Gasteiger partial charge in [-0.2, -0.15) is 5.10 Å². The second kappa shape index (κ2) is 6.01. The van der Waals surface area contributed by atoms with Crippen LogP contribution in [0.3, 0.4) is 0 Å². The van der Waals surface area contributed by atoms with Gasteiger partial charge in [-0.3, -0.25) is 9.58 Å². The molecule has 5 heteroatoms. The van der Waals surface area contributed by atoms with Crippen molar-refractivity contribution >= 4 is 0 Å². The summed E-state index contributed by atoms with van der Waals surface area (Å²) in [6.45, 7) is 1.81. The molecule has 3 heterocycles. The van der Waals surface area contributed by atoms with Crippen molar-refractivity contribution < 1.29 is 4.42 Å². The number of aromatic nitrogens is 3. The Labute approximate surface area is 135 Å². The van der Waals surface area contributed by atoms with Crippen LogP contribution in [0.5, 0.6) is 0 Å². The van der Waals surface area contributed by atoms with Gasteiger partial charge in [-0.15, -0.1) is 0 Å². The van der Waals surface area contributed by atoms with E-state index >= 15 is 0 Å². The molecule has 0 bridgehead atoms. The highest BCUT2D eigenvalue weighted by molar-refractivity contribution is 5.55. The van der Waals surface area contributed by atoms with Crippen molar-refractivity contribution in [3.8, 4) is 11.3 Å². The molecule has 5 nitrogen and oxygen atoms in total. The highest BCUT2D eigenvalue weighted by atomic mass is 16.4. The third-order valence-electron chi connectivity index (χ3n) is 4.42. The molecule has 1 aliphatic heterocycles. The van der Waals surface area contributed by atoms with Gasteiger partial charge in [-0.25, -0.2) is 4.98 Å². The molecule has 0 spiro atoms. The number of oxazole rings is 1. The standard InChI is InChI=1S/C18H20N4O/c1-21-12-15(10-20-21)16-8-5-9-22(16)13-18-19-11-17(23-18)14-6-3-2-4-7-14/h2-4,6-7,10-12,16H,5,8-9,13H2,1H3/t16-/m0/s1. The third kappa shape index (κ3) is 2.92. The molecule has 1 atom stereocenters. The first-order valence-corrected chi connectivity index (χ1v) is 8.02. The molecule has 3 aromatic rings. The number of rotatable bonds is 4. The lowest BCUT2D eigenvalue weighted by Crippen LogP contribution is -2.22. The van der Waals surface area contributed by atoms with Crippen LogP contribution in [-0.2, 0) is 13.6 Å². The molecule has 1 fully saturated rings. The summed E-state index contributed by atoms with van der Waals surface area (Å²) in [6, 6.07) is 10.5. The maximum atomic E-state index is 5.95. The lowest BCUT2D eigenvalue weighted by Gasteiger charge is -2.21. The average molecular weight is 308 g/mol. The SMILES string of the molecule is Cn1cc([C@@H]2CCCN2Cc2ncc(-c3ccccc3)o2)cn1. The number of hydrogen-bond donors (Lipinski definition) is 0. The Bertz CT molecular complexity index is 777. The van der Waals surface area contributed by atoms with Gasteiger partial charge < -0.3 is 4.42 Å². The molecule has 1 aromatic carbocycles. The first-order valence-electron chi connectivity index (χ1n) is 8.02. The van der Waals surface area contributed by atoms with Crippen molar-refractivity contribution in [3.05, 3.63) is 60.4 Å². The van der Waals surface area contributed by atoms with E-state index in [-0.39, 0.29) is 0 Å². The summed E-state index contributed by atoms with van der Waals surface area (Å²) in [5.74, 6) is 1.61. The summed E-state index contributed by atoms with van der Waals surface area (Å²) in [7, 11) is 1.96. The Morgan fingerprint density at radius 1 is 1.22 bits per heavy atom. The summed E-state index contributed by atoms with van der Waals surface area (Å²) in [5.41, 5.74) is 2.34. The van der Waals surface area contributed by atoms with Crippen LogP contribution >= 0.6 is 0 Å². The molecular weight excluding hydrogens is 288 g/mol. The van der Waals surface area contributed by atoms with E-state index in [2.05, 4.69) is 21.2 Å². The zero-order chi connectivity index (χ0) is 15.6. The van der Waals surface area contributed by atoms with E-state index in [0.717, 1.165) is 36.7 Å². The van der Waals surface area contributed by atoms with Gasteiger partial charge in [0.2, 0.25) is 5.89 Å². The van der Waals surface area contributed by atoms with Gasteiger partial charge in [-0.05, 0) is 19.4 Å². The number of nitrogens with zero attached hydrogens (tertiary/aromatic N) is 4. The van der Waals surface area contributed by atoms with Crippen molar-refractivity contribution in [3.63, 3.8) is 0 Å². The minimum Gasteiger partial charge on any atom is -0.439 e. The minimum atomic E-state index is 0.413. The predicted molar refractivity (Wildman–Crippen MR) is 87.5 cm³/mol. The van der Waals surface area contributed by atoms with E-state index in [1.807, 2.05) is 54.5 Å². The molecule has 1 aliphatic rings. The maximum Gasteiger partial charge on any atom is 0.209 e. The monoisotopic (exact) mass is 308 g/mol. The zero-order valence-electron chi connectivity index (χ0n) is 13.2. The molecule has 0 amide bonds. The van der Waals surface area contributed by atoms with Gasteiger partial charge in [0.05, 0.1) is 18.9 Å². The topological polar surface area (TPSA) is 47.1 Å². The molecule has 118 valence electrons. The minimum absolute atomic E-state index is 0.413. The van der Waals surface area contributed by atoms with Crippen LogP contribution in [0.4, 0.5) is 0 Å². The fraction of sp³-hybridized carbons (Fsp3) is 0.333. The summed E-state index contributed by atoms with van der Waals surface area (Å²) in [5, 5.41) is 4.30. The zero-order valence-corrected chi connectivity index (χ0v) is 13.2. The summed E-state index contributed by atoms with van der Waals surface area (Å²) >= 11 is 0. The van der Waals surface area contributed by atoms with Gasteiger partial charge in [0.15, 0.2) is 5.76 Å². The Hall–Kier alpha value is -2.40. The van der Waals surface area contributed by atoms with Crippen LogP contribution in [0.1, 0.15) is 30.3 Å². The van der Waals surface area contributed by atoms with Crippen LogP contribution in [0.25, 0.3) is 11.3 Å². The first-order chi connectivity index (χ1) is 11.3. The van der Waals surface area contributed by atoms with Crippen LogP contribution in [0, 0.1) is 0 Å². The third-order valence-corrected chi connectivity index (χ3v) is 4.42. The molecule has 4 rings (SSSR count). The number of hydrogen-bond acceptors (Lipinski definition) is 4. The number of aryl methyl sites for hydroxylation is 1. The van der Waals surface area contributed by atoms with Gasteiger partial charge >= 0.3 is 0 Å². The Kier molecular flexibility index (Phi) is 3.71. The van der Waals surface area contributed by atoms with E-state index < -0.39 is 0 Å². The van der Waals surface area contributed by atoms with Gasteiger partial charge in [-0.1, -0.05) is 30.3 Å². The largest absolute Gasteiger partial charge is 0.439 e. The second-order valence-electron chi connectivity index (χ2n) is 6.06. The normalized spacial score (nSPS) is 18.6. The molecule has 0 unspecified atom stereocenters. The van der Waals surface area contributed by atoms with Crippen molar-refractivity contribution in [2.45, 2.75) is 25.4 Å². The summed E-state index contributed by atoms with van der Waals surface area (Å²) < 4.78 is 7.81. The van der Waals surface area contributed by atoms with E-state index in [0.29, 0.717) is 6.04 Å². The van der Waals surface area contributed by atoms with Gasteiger partial charge in [0.25, 0.3) is 0 Å². The lowest BCUT2D eigenvalue weighted by atomic mass is 10.1. The van der Waals surface area contributed by atoms with Gasteiger partial charge in [0, 0.05) is 30.4 Å². The second-order valence-corrected chi connectivity index (χ2v) is 6.06. The van der Waals surface area contributed by atoms with Crippen LogP contribution in [0.2, 0.25) is 0 Å². The van der Waals surface area contributed by atoms with Crippen LogP contribution < -0.4 is 0 Å². The number of likely N-dealkylation sites (tertiary alicyclic amines) is 1. The quantitative estimate of drug-likeness (QED) is 0.741. The van der Waals surface area contributed by atoms with Crippen molar-refractivity contribution in [1.82, 2.24) is 19.7 Å². The highest BCUT2D eigenvalue weighted by Gasteiger charge is 2.28. The molecule has 0 N–H and O–H groups in total. The van der Waals surface area contributed by atoms with Crippen molar-refractivity contribution in [2.75, 3.05) is 6.54 Å². The van der Waals surface area contributed by atoms with Gasteiger partial charge in [0.1, 0.15) is 0 Å². The van der Waals surface area contributed by atoms with Crippen LogP contribution in [0.15, 0.2) is 53.3 Å². The molecule has 2 aromatic heterocycles. The predicted octanol–water partition coefficient (Wildman–Crippen LogP) is 3.41. The first kappa shape index (κ1) is 14.2. The molecule has 0 aliphatic carbocycles. The Morgan fingerprint density at radius 3 is 2.87 bits per heavy atom. The smallest absolute Gasteiger partial charge is 0.209 e. The molecular formula is C18H20N4O. The average Bonchev–Trinajstić information content (AvgIpc) is 3.29. The molecule has 23 heavy (non-hydrogen) atoms.